The van der Waals surface area contributed by atoms with Gasteiger partial charge in [0.05, 0.1) is 46.2 Å². The molecule has 0 atom stereocenters. The lowest BCUT2D eigenvalue weighted by Crippen LogP contribution is -2.23. The number of hydrogen-bond acceptors (Lipinski definition) is 5. The second-order valence-corrected chi connectivity index (χ2v) is 4.32. The average Bonchev–Trinajstić information content (AvgIpc) is 2.50. The maximum Gasteiger partial charge on any atom is 0.0701 e. The van der Waals surface area contributed by atoms with Gasteiger partial charge in [-0.05, 0) is 12.1 Å². The van der Waals surface area contributed by atoms with Crippen LogP contribution in [0.4, 0.5) is 5.69 Å². The van der Waals surface area contributed by atoms with Crippen molar-refractivity contribution in [2.45, 2.75) is 0 Å². The molecule has 0 unspecified atom stereocenters. The van der Waals surface area contributed by atoms with Crippen LogP contribution in [0.15, 0.2) is 30.3 Å². The minimum atomic E-state index is 0.0536. The van der Waals surface area contributed by atoms with Gasteiger partial charge in [0.2, 0.25) is 0 Å². The van der Waals surface area contributed by atoms with Crippen LogP contribution in [-0.4, -0.2) is 64.9 Å². The van der Waals surface area contributed by atoms with Gasteiger partial charge >= 0.3 is 0 Å². The highest BCUT2D eigenvalue weighted by Crippen LogP contribution is 2.09. The van der Waals surface area contributed by atoms with E-state index >= 15 is 0 Å². The summed E-state index contributed by atoms with van der Waals surface area (Å²) < 4.78 is 15.9. The molecule has 0 saturated carbocycles. The van der Waals surface area contributed by atoms with E-state index < -0.39 is 0 Å². The van der Waals surface area contributed by atoms with Crippen LogP contribution in [0.5, 0.6) is 0 Å². The molecular weight excluding hydrogens is 258 g/mol. The normalized spacial score (nSPS) is 10.7. The van der Waals surface area contributed by atoms with E-state index in [2.05, 4.69) is 17.0 Å². The zero-order valence-electron chi connectivity index (χ0n) is 12.2. The lowest BCUT2D eigenvalue weighted by Gasteiger charge is -2.19. The van der Waals surface area contributed by atoms with Crippen molar-refractivity contribution in [2.24, 2.45) is 0 Å². The van der Waals surface area contributed by atoms with Crippen LogP contribution in [0.3, 0.4) is 0 Å². The Bertz CT molecular complexity index is 321. The first kappa shape index (κ1) is 16.9. The number of nitrogens with zero attached hydrogens (tertiary/aromatic N) is 1. The number of para-hydroxylation sites is 1. The molecule has 5 nitrogen and oxygen atoms in total. The monoisotopic (exact) mass is 283 g/mol. The Labute approximate surface area is 121 Å². The fraction of sp³-hybridized carbons (Fsp3) is 0.600. The fourth-order valence-electron chi connectivity index (χ4n) is 1.62. The maximum absolute atomic E-state index is 8.50. The highest BCUT2D eigenvalue weighted by atomic mass is 16.5. The Kier molecular flexibility index (Phi) is 9.87. The van der Waals surface area contributed by atoms with Crippen molar-refractivity contribution in [1.29, 1.82) is 0 Å². The summed E-state index contributed by atoms with van der Waals surface area (Å²) in [4.78, 5) is 2.16. The number of rotatable bonds is 12. The van der Waals surface area contributed by atoms with Gasteiger partial charge in [0, 0.05) is 19.3 Å². The summed E-state index contributed by atoms with van der Waals surface area (Å²) in [6.07, 6.45) is 0. The summed E-state index contributed by atoms with van der Waals surface area (Å²) in [5, 5.41) is 8.50. The van der Waals surface area contributed by atoms with Gasteiger partial charge in [-0.15, -0.1) is 0 Å². The molecule has 0 radical (unpaired) electrons. The van der Waals surface area contributed by atoms with Gasteiger partial charge in [-0.3, -0.25) is 0 Å². The summed E-state index contributed by atoms with van der Waals surface area (Å²) in [7, 11) is 2.05. The molecule has 0 aromatic heterocycles. The molecule has 0 spiro atoms. The Morgan fingerprint density at radius 2 is 1.40 bits per heavy atom. The quantitative estimate of drug-likeness (QED) is 0.584. The largest absolute Gasteiger partial charge is 0.394 e. The van der Waals surface area contributed by atoms with Crippen LogP contribution >= 0.6 is 0 Å². The smallest absolute Gasteiger partial charge is 0.0701 e. The van der Waals surface area contributed by atoms with Crippen molar-refractivity contribution in [3.05, 3.63) is 30.3 Å². The Balaban J connectivity index is 1.90. The molecule has 1 rings (SSSR count). The first-order chi connectivity index (χ1) is 9.84. The third-order valence-electron chi connectivity index (χ3n) is 2.75. The summed E-state index contributed by atoms with van der Waals surface area (Å²) in [5.41, 5.74) is 1.19. The number of aliphatic hydroxyl groups is 1. The molecule has 1 aromatic carbocycles. The van der Waals surface area contributed by atoms with Crippen molar-refractivity contribution < 1.29 is 19.3 Å². The maximum atomic E-state index is 8.50. The van der Waals surface area contributed by atoms with E-state index in [0.717, 1.165) is 6.54 Å². The van der Waals surface area contributed by atoms with Gasteiger partial charge in [-0.25, -0.2) is 0 Å². The Hall–Kier alpha value is -1.14. The third-order valence-corrected chi connectivity index (χ3v) is 2.75. The molecule has 0 fully saturated rings. The second-order valence-electron chi connectivity index (χ2n) is 4.32. The summed E-state index contributed by atoms with van der Waals surface area (Å²) in [5.74, 6) is 0. The number of benzene rings is 1. The van der Waals surface area contributed by atoms with Crippen LogP contribution in [0.1, 0.15) is 0 Å². The lowest BCUT2D eigenvalue weighted by atomic mass is 10.3. The van der Waals surface area contributed by atoms with E-state index in [1.807, 2.05) is 25.2 Å². The number of hydrogen-bond donors (Lipinski definition) is 1. The van der Waals surface area contributed by atoms with Gasteiger partial charge in [0.15, 0.2) is 0 Å². The molecule has 1 N–H and O–H groups in total. The fourth-order valence-corrected chi connectivity index (χ4v) is 1.62. The van der Waals surface area contributed by atoms with Crippen LogP contribution in [0, 0.1) is 0 Å². The molecule has 0 saturated heterocycles. The predicted molar refractivity (Wildman–Crippen MR) is 79.3 cm³/mol. The van der Waals surface area contributed by atoms with Gasteiger partial charge in [0.25, 0.3) is 0 Å². The summed E-state index contributed by atoms with van der Waals surface area (Å²) in [6.45, 7) is 4.15. The van der Waals surface area contributed by atoms with Gasteiger partial charge in [0.1, 0.15) is 0 Å². The molecule has 0 aliphatic rings. The van der Waals surface area contributed by atoms with Gasteiger partial charge < -0.3 is 24.2 Å². The first-order valence-corrected chi connectivity index (χ1v) is 6.95. The number of anilines is 1. The van der Waals surface area contributed by atoms with Crippen molar-refractivity contribution in [1.82, 2.24) is 0 Å². The van der Waals surface area contributed by atoms with Gasteiger partial charge in [-0.2, -0.15) is 0 Å². The summed E-state index contributed by atoms with van der Waals surface area (Å²) >= 11 is 0. The zero-order chi connectivity index (χ0) is 14.5. The van der Waals surface area contributed by atoms with E-state index in [9.17, 15) is 0 Å². The molecule has 0 aliphatic heterocycles. The Morgan fingerprint density at radius 3 is 2.00 bits per heavy atom. The first-order valence-electron chi connectivity index (χ1n) is 6.95. The molecular formula is C15H25NO4. The minimum absolute atomic E-state index is 0.0536. The molecule has 5 heteroatoms. The molecule has 0 bridgehead atoms. The van der Waals surface area contributed by atoms with E-state index in [1.54, 1.807) is 0 Å². The molecule has 0 heterocycles. The highest BCUT2D eigenvalue weighted by molar-refractivity contribution is 5.44. The van der Waals surface area contributed by atoms with Gasteiger partial charge in [-0.1, -0.05) is 18.2 Å². The SMILES string of the molecule is CN(CCOCCOCCOCCO)c1ccccc1. The lowest BCUT2D eigenvalue weighted by molar-refractivity contribution is 0.00881. The number of aliphatic hydroxyl groups excluding tert-OH is 1. The third kappa shape index (κ3) is 8.12. The van der Waals surface area contributed by atoms with Crippen molar-refractivity contribution >= 4 is 5.69 Å². The zero-order valence-corrected chi connectivity index (χ0v) is 12.2. The Morgan fingerprint density at radius 1 is 0.850 bits per heavy atom. The van der Waals surface area contributed by atoms with Crippen LogP contribution in [0.2, 0.25) is 0 Å². The van der Waals surface area contributed by atoms with E-state index in [-0.39, 0.29) is 6.61 Å². The second kappa shape index (κ2) is 11.7. The molecule has 114 valence electrons. The average molecular weight is 283 g/mol. The standard InChI is InChI=1S/C15H25NO4/c1-16(15-5-3-2-4-6-15)7-9-18-11-13-20-14-12-19-10-8-17/h2-6,17H,7-14H2,1H3. The van der Waals surface area contributed by atoms with E-state index in [4.69, 9.17) is 19.3 Å². The molecule has 1 aromatic rings. The van der Waals surface area contributed by atoms with Crippen molar-refractivity contribution in [3.63, 3.8) is 0 Å². The highest BCUT2D eigenvalue weighted by Gasteiger charge is 1.99. The predicted octanol–water partition coefficient (Wildman–Crippen LogP) is 1.16. The van der Waals surface area contributed by atoms with Crippen LogP contribution in [0.25, 0.3) is 0 Å². The van der Waals surface area contributed by atoms with Crippen LogP contribution < -0.4 is 4.90 Å². The number of ether oxygens (including phenoxy) is 3. The van der Waals surface area contributed by atoms with Crippen molar-refractivity contribution in [2.75, 3.05) is 64.7 Å². The molecule has 20 heavy (non-hydrogen) atoms. The van der Waals surface area contributed by atoms with Crippen LogP contribution in [-0.2, 0) is 14.2 Å². The summed E-state index contributed by atoms with van der Waals surface area (Å²) in [6, 6.07) is 10.2. The molecule has 0 aliphatic carbocycles. The van der Waals surface area contributed by atoms with Crippen molar-refractivity contribution in [3.8, 4) is 0 Å². The van der Waals surface area contributed by atoms with E-state index in [1.165, 1.54) is 5.69 Å². The number of likely N-dealkylation sites (N-methyl/N-ethyl adjacent to an activating group) is 1. The molecule has 0 amide bonds. The topological polar surface area (TPSA) is 51.2 Å². The minimum Gasteiger partial charge on any atom is -0.394 e. The van der Waals surface area contributed by atoms with E-state index in [0.29, 0.717) is 39.6 Å².